The number of hydrogen-bond donors (Lipinski definition) is 0. The molecule has 0 N–H and O–H groups in total. The molecular formula is C22H24N4O2S. The lowest BCUT2D eigenvalue weighted by molar-refractivity contribution is 0.0612. The predicted octanol–water partition coefficient (Wildman–Crippen LogP) is 4.48. The molecule has 0 spiro atoms. The fourth-order valence-electron chi connectivity index (χ4n) is 4.36. The van der Waals surface area contributed by atoms with E-state index in [1.165, 1.54) is 12.8 Å². The number of amides is 1. The van der Waals surface area contributed by atoms with Crippen molar-refractivity contribution in [3.8, 4) is 11.6 Å². The van der Waals surface area contributed by atoms with E-state index in [0.717, 1.165) is 41.4 Å². The largest absolute Gasteiger partial charge is 0.337 e. The van der Waals surface area contributed by atoms with Crippen molar-refractivity contribution in [2.45, 2.75) is 44.4 Å². The molecule has 4 heterocycles. The molecule has 1 aliphatic carbocycles. The maximum absolute atomic E-state index is 13.1. The summed E-state index contributed by atoms with van der Waals surface area (Å²) in [5, 5.41) is 4.38. The Morgan fingerprint density at radius 1 is 1.31 bits per heavy atom. The zero-order valence-corrected chi connectivity index (χ0v) is 17.3. The van der Waals surface area contributed by atoms with Crippen molar-refractivity contribution in [3.05, 3.63) is 52.1 Å². The van der Waals surface area contributed by atoms with E-state index in [2.05, 4.69) is 10.1 Å². The summed E-state index contributed by atoms with van der Waals surface area (Å²) < 4.78 is 5.59. The van der Waals surface area contributed by atoms with Gasteiger partial charge in [-0.05, 0) is 56.4 Å². The fourth-order valence-corrected chi connectivity index (χ4v) is 5.19. The first-order valence-electron chi connectivity index (χ1n) is 10.2. The summed E-state index contributed by atoms with van der Waals surface area (Å²) in [4.78, 5) is 26.2. The fraction of sp³-hybridized carbons (Fsp3) is 0.455. The van der Waals surface area contributed by atoms with Crippen LogP contribution >= 0.6 is 11.3 Å². The second kappa shape index (κ2) is 7.37. The van der Waals surface area contributed by atoms with Gasteiger partial charge in [-0.1, -0.05) is 24.1 Å². The Morgan fingerprint density at radius 2 is 2.21 bits per heavy atom. The molecule has 7 heteroatoms. The van der Waals surface area contributed by atoms with Gasteiger partial charge in [-0.25, -0.2) is 0 Å². The van der Waals surface area contributed by atoms with Crippen molar-refractivity contribution in [2.75, 3.05) is 13.1 Å². The van der Waals surface area contributed by atoms with Crippen LogP contribution in [-0.2, 0) is 5.41 Å². The Bertz CT molecular complexity index is 1010. The maximum atomic E-state index is 13.1. The number of piperidine rings is 1. The van der Waals surface area contributed by atoms with Gasteiger partial charge >= 0.3 is 0 Å². The zero-order valence-electron chi connectivity index (χ0n) is 16.5. The van der Waals surface area contributed by atoms with Crippen LogP contribution in [0.15, 0.2) is 41.1 Å². The summed E-state index contributed by atoms with van der Waals surface area (Å²) in [5.41, 5.74) is 0.448. The summed E-state index contributed by atoms with van der Waals surface area (Å²) in [7, 11) is 0. The van der Waals surface area contributed by atoms with E-state index in [0.29, 0.717) is 24.0 Å². The third-order valence-electron chi connectivity index (χ3n) is 5.98. The minimum atomic E-state index is -0.238. The number of hydrogen-bond acceptors (Lipinski definition) is 6. The number of nitrogens with zero attached hydrogens (tertiary/aromatic N) is 4. The highest BCUT2D eigenvalue weighted by molar-refractivity contribution is 7.13. The average molecular weight is 409 g/mol. The normalized spacial score (nSPS) is 22.0. The van der Waals surface area contributed by atoms with Crippen LogP contribution in [-0.4, -0.2) is 39.0 Å². The van der Waals surface area contributed by atoms with Gasteiger partial charge in [0.05, 0.1) is 10.3 Å². The van der Waals surface area contributed by atoms with Crippen LogP contribution < -0.4 is 0 Å². The van der Waals surface area contributed by atoms with Gasteiger partial charge in [0.2, 0.25) is 0 Å². The first-order valence-corrected chi connectivity index (χ1v) is 11.1. The molecular weight excluding hydrogens is 384 g/mol. The number of aromatic nitrogens is 3. The average Bonchev–Trinajstić information content (AvgIpc) is 3.23. The van der Waals surface area contributed by atoms with Gasteiger partial charge in [0.1, 0.15) is 5.69 Å². The van der Waals surface area contributed by atoms with Crippen LogP contribution in [0.2, 0.25) is 0 Å². The Hall–Kier alpha value is -2.54. The Kier molecular flexibility index (Phi) is 4.70. The van der Waals surface area contributed by atoms with Crippen LogP contribution in [0, 0.1) is 12.8 Å². The maximum Gasteiger partial charge on any atom is 0.276 e. The number of pyridine rings is 1. The topological polar surface area (TPSA) is 72.1 Å². The van der Waals surface area contributed by atoms with Gasteiger partial charge in [-0.3, -0.25) is 9.78 Å². The van der Waals surface area contributed by atoms with Crippen molar-refractivity contribution in [3.63, 3.8) is 0 Å². The first kappa shape index (κ1) is 18.5. The van der Waals surface area contributed by atoms with E-state index in [1.54, 1.807) is 17.5 Å². The molecule has 1 unspecified atom stereocenters. The molecule has 1 atom stereocenters. The SMILES string of the molecule is Cc1ccc(C(=O)N2CCCC(CC3CC3)(c3noc(-c4ccccn4)n3)C2)s1. The van der Waals surface area contributed by atoms with Crippen molar-refractivity contribution in [1.82, 2.24) is 20.0 Å². The summed E-state index contributed by atoms with van der Waals surface area (Å²) in [5.74, 6) is 2.00. The Morgan fingerprint density at radius 3 is 2.93 bits per heavy atom. The van der Waals surface area contributed by atoms with Crippen molar-refractivity contribution in [2.24, 2.45) is 5.92 Å². The van der Waals surface area contributed by atoms with E-state index < -0.39 is 0 Å². The summed E-state index contributed by atoms with van der Waals surface area (Å²) in [6.07, 6.45) is 7.19. The van der Waals surface area contributed by atoms with Gasteiger partial charge in [-0.2, -0.15) is 4.98 Å². The molecule has 1 saturated carbocycles. The standard InChI is InChI=1S/C22H24N4O2S/c1-15-6-9-18(29-15)20(27)26-12-4-10-22(14-26,13-16-7-8-16)21-24-19(28-25-21)17-5-2-3-11-23-17/h2-3,5-6,9,11,16H,4,7-8,10,12-14H2,1H3. The van der Waals surface area contributed by atoms with Crippen molar-refractivity contribution in [1.29, 1.82) is 0 Å². The second-order valence-corrected chi connectivity index (χ2v) is 9.59. The molecule has 1 saturated heterocycles. The molecule has 1 amide bonds. The quantitative estimate of drug-likeness (QED) is 0.623. The third-order valence-corrected chi connectivity index (χ3v) is 6.96. The number of aryl methyl sites for hydroxylation is 1. The number of rotatable bonds is 5. The number of likely N-dealkylation sites (tertiary alicyclic amines) is 1. The predicted molar refractivity (Wildman–Crippen MR) is 111 cm³/mol. The minimum absolute atomic E-state index is 0.122. The molecule has 150 valence electrons. The van der Waals surface area contributed by atoms with E-state index in [9.17, 15) is 4.79 Å². The monoisotopic (exact) mass is 408 g/mol. The molecule has 29 heavy (non-hydrogen) atoms. The highest BCUT2D eigenvalue weighted by Crippen LogP contribution is 2.46. The van der Waals surface area contributed by atoms with Gasteiger partial charge in [0, 0.05) is 24.2 Å². The lowest BCUT2D eigenvalue weighted by Crippen LogP contribution is -2.49. The molecule has 3 aromatic heterocycles. The molecule has 0 bridgehead atoms. The van der Waals surface area contributed by atoms with Gasteiger partial charge in [0.25, 0.3) is 11.8 Å². The van der Waals surface area contributed by atoms with Crippen LogP contribution in [0.25, 0.3) is 11.6 Å². The van der Waals surface area contributed by atoms with E-state index >= 15 is 0 Å². The summed E-state index contributed by atoms with van der Waals surface area (Å²) in [6.45, 7) is 3.47. The van der Waals surface area contributed by atoms with Crippen LogP contribution in [0.5, 0.6) is 0 Å². The summed E-state index contributed by atoms with van der Waals surface area (Å²) in [6, 6.07) is 9.60. The van der Waals surface area contributed by atoms with Gasteiger partial charge < -0.3 is 9.42 Å². The van der Waals surface area contributed by atoms with Crippen molar-refractivity contribution >= 4 is 17.2 Å². The zero-order chi connectivity index (χ0) is 19.8. The molecule has 3 aromatic rings. The smallest absolute Gasteiger partial charge is 0.276 e. The second-order valence-electron chi connectivity index (χ2n) is 8.31. The van der Waals surface area contributed by atoms with E-state index in [1.807, 2.05) is 42.2 Å². The first-order chi connectivity index (χ1) is 14.1. The number of carbonyl (C=O) groups is 1. The molecule has 6 nitrogen and oxygen atoms in total. The molecule has 0 aromatic carbocycles. The number of carbonyl (C=O) groups excluding carboxylic acids is 1. The molecule has 5 rings (SSSR count). The van der Waals surface area contributed by atoms with E-state index in [4.69, 9.17) is 9.51 Å². The lowest BCUT2D eigenvalue weighted by Gasteiger charge is -2.41. The molecule has 1 aliphatic heterocycles. The Labute approximate surface area is 174 Å². The van der Waals surface area contributed by atoms with Crippen molar-refractivity contribution < 1.29 is 9.32 Å². The van der Waals surface area contributed by atoms with Crippen LogP contribution in [0.3, 0.4) is 0 Å². The van der Waals surface area contributed by atoms with E-state index in [-0.39, 0.29) is 11.3 Å². The third kappa shape index (κ3) is 3.71. The molecule has 2 fully saturated rings. The lowest BCUT2D eigenvalue weighted by atomic mass is 9.74. The van der Waals surface area contributed by atoms with Crippen LogP contribution in [0.4, 0.5) is 0 Å². The summed E-state index contributed by atoms with van der Waals surface area (Å²) >= 11 is 1.56. The highest BCUT2D eigenvalue weighted by atomic mass is 32.1. The number of thiophene rings is 1. The minimum Gasteiger partial charge on any atom is -0.337 e. The molecule has 0 radical (unpaired) electrons. The highest BCUT2D eigenvalue weighted by Gasteiger charge is 2.46. The Balaban J connectivity index is 1.45. The van der Waals surface area contributed by atoms with Crippen LogP contribution in [0.1, 0.15) is 52.5 Å². The van der Waals surface area contributed by atoms with Gasteiger partial charge in [0.15, 0.2) is 5.82 Å². The van der Waals surface area contributed by atoms with Gasteiger partial charge in [-0.15, -0.1) is 11.3 Å². The molecule has 2 aliphatic rings.